The van der Waals surface area contributed by atoms with Crippen molar-refractivity contribution in [1.82, 2.24) is 14.7 Å². The summed E-state index contributed by atoms with van der Waals surface area (Å²) in [6.45, 7) is 7.70. The molecule has 0 radical (unpaired) electrons. The summed E-state index contributed by atoms with van der Waals surface area (Å²) < 4.78 is 1.55. The normalized spacial score (nSPS) is 11.9. The molecule has 118 valence electrons. The molecule has 0 amide bonds. The second-order valence-electron chi connectivity index (χ2n) is 6.76. The van der Waals surface area contributed by atoms with Crippen molar-refractivity contribution in [1.29, 1.82) is 0 Å². The first-order valence-corrected chi connectivity index (χ1v) is 7.67. The Labute approximate surface area is 132 Å². The number of hydrogen-bond acceptors (Lipinski definition) is 3. The van der Waals surface area contributed by atoms with E-state index in [1.165, 1.54) is 5.56 Å². The van der Waals surface area contributed by atoms with Gasteiger partial charge in [0.1, 0.15) is 0 Å². The average molecular weight is 299 g/mol. The zero-order valence-electron chi connectivity index (χ0n) is 13.9. The van der Waals surface area contributed by atoms with E-state index in [-0.39, 0.29) is 11.0 Å². The van der Waals surface area contributed by atoms with E-state index >= 15 is 0 Å². The summed E-state index contributed by atoms with van der Waals surface area (Å²) in [6.07, 6.45) is 0.963. The number of aromatic nitrogens is 2. The lowest BCUT2D eigenvalue weighted by atomic mass is 9.92. The molecule has 1 aromatic carbocycles. The van der Waals surface area contributed by atoms with E-state index in [0.717, 1.165) is 18.7 Å². The zero-order valence-corrected chi connectivity index (χ0v) is 13.9. The second kappa shape index (κ2) is 6.88. The van der Waals surface area contributed by atoms with Crippen LogP contribution in [0.3, 0.4) is 0 Å². The van der Waals surface area contributed by atoms with Gasteiger partial charge in [0.2, 0.25) is 0 Å². The van der Waals surface area contributed by atoms with Gasteiger partial charge in [0.05, 0.1) is 12.4 Å². The fourth-order valence-corrected chi connectivity index (χ4v) is 2.21. The van der Waals surface area contributed by atoms with Crippen LogP contribution in [0.1, 0.15) is 32.0 Å². The molecule has 1 heterocycles. The minimum absolute atomic E-state index is 0.0560. The van der Waals surface area contributed by atoms with E-state index in [0.29, 0.717) is 6.67 Å². The number of rotatable bonds is 5. The summed E-state index contributed by atoms with van der Waals surface area (Å²) in [7, 11) is 2.01. The van der Waals surface area contributed by atoms with Gasteiger partial charge < -0.3 is 0 Å². The highest BCUT2D eigenvalue weighted by Crippen LogP contribution is 2.18. The Kier molecular flexibility index (Phi) is 5.14. The van der Waals surface area contributed by atoms with Crippen LogP contribution in [-0.2, 0) is 18.5 Å². The van der Waals surface area contributed by atoms with Gasteiger partial charge in [-0.1, -0.05) is 51.1 Å². The molecule has 0 saturated heterocycles. The molecule has 22 heavy (non-hydrogen) atoms. The predicted octanol–water partition coefficient (Wildman–Crippen LogP) is 2.67. The molecule has 0 atom stereocenters. The van der Waals surface area contributed by atoms with Gasteiger partial charge in [0.25, 0.3) is 5.56 Å². The predicted molar refractivity (Wildman–Crippen MR) is 90.0 cm³/mol. The molecule has 0 aliphatic heterocycles. The van der Waals surface area contributed by atoms with Crippen molar-refractivity contribution < 1.29 is 0 Å². The lowest BCUT2D eigenvalue weighted by molar-refractivity contribution is 0.247. The Morgan fingerprint density at radius 1 is 1.09 bits per heavy atom. The number of nitrogens with zero attached hydrogens (tertiary/aromatic N) is 3. The lowest BCUT2D eigenvalue weighted by Gasteiger charge is -2.21. The smallest absolute Gasteiger partial charge is 0.267 e. The van der Waals surface area contributed by atoms with Crippen molar-refractivity contribution in [2.45, 2.75) is 39.3 Å². The number of likely N-dealkylation sites (N-methyl/N-ethyl adjacent to an activating group) is 1. The first-order valence-electron chi connectivity index (χ1n) is 7.67. The van der Waals surface area contributed by atoms with Crippen LogP contribution in [0, 0.1) is 0 Å². The standard InChI is InChI=1S/C18H25N3O/c1-18(2,3)16-10-11-17(22)21(19-16)14-20(4)13-12-15-8-6-5-7-9-15/h5-11H,12-14H2,1-4H3. The molecule has 2 rings (SSSR count). The second-order valence-corrected chi connectivity index (χ2v) is 6.76. The molecule has 4 nitrogen and oxygen atoms in total. The van der Waals surface area contributed by atoms with E-state index in [2.05, 4.69) is 42.9 Å². The molecule has 0 unspecified atom stereocenters. The van der Waals surface area contributed by atoms with Crippen molar-refractivity contribution in [3.63, 3.8) is 0 Å². The molecular weight excluding hydrogens is 274 g/mol. The van der Waals surface area contributed by atoms with Gasteiger partial charge in [-0.3, -0.25) is 9.69 Å². The van der Waals surface area contributed by atoms with Crippen LogP contribution >= 0.6 is 0 Å². The van der Waals surface area contributed by atoms with Crippen molar-refractivity contribution in [2.75, 3.05) is 13.6 Å². The maximum Gasteiger partial charge on any atom is 0.267 e. The molecule has 4 heteroatoms. The van der Waals surface area contributed by atoms with Crippen molar-refractivity contribution in [3.8, 4) is 0 Å². The van der Waals surface area contributed by atoms with Gasteiger partial charge in [-0.05, 0) is 25.1 Å². The highest BCUT2D eigenvalue weighted by Gasteiger charge is 2.16. The van der Waals surface area contributed by atoms with Crippen LogP contribution in [-0.4, -0.2) is 28.3 Å². The van der Waals surface area contributed by atoms with Gasteiger partial charge in [0.15, 0.2) is 0 Å². The molecule has 0 bridgehead atoms. The Morgan fingerprint density at radius 3 is 2.41 bits per heavy atom. The van der Waals surface area contributed by atoms with E-state index in [4.69, 9.17) is 0 Å². The van der Waals surface area contributed by atoms with Crippen molar-refractivity contribution in [3.05, 3.63) is 64.1 Å². The summed E-state index contributed by atoms with van der Waals surface area (Å²) >= 11 is 0. The van der Waals surface area contributed by atoms with Gasteiger partial charge in [-0.2, -0.15) is 5.10 Å². The Hall–Kier alpha value is -1.94. The van der Waals surface area contributed by atoms with Gasteiger partial charge in [0, 0.05) is 18.0 Å². The summed E-state index contributed by atoms with van der Waals surface area (Å²) in [5.41, 5.74) is 2.12. The first-order chi connectivity index (χ1) is 10.4. The topological polar surface area (TPSA) is 38.1 Å². The highest BCUT2D eigenvalue weighted by atomic mass is 16.1. The quantitative estimate of drug-likeness (QED) is 0.852. The molecule has 1 aromatic heterocycles. The molecule has 0 fully saturated rings. The third-order valence-corrected chi connectivity index (χ3v) is 3.64. The Balaban J connectivity index is 2.02. The Bertz CT molecular complexity index is 656. The van der Waals surface area contributed by atoms with Crippen LogP contribution < -0.4 is 5.56 Å². The van der Waals surface area contributed by atoms with Crippen LogP contribution in [0.15, 0.2) is 47.3 Å². The van der Waals surface area contributed by atoms with E-state index in [1.807, 2.05) is 31.3 Å². The summed E-state index contributed by atoms with van der Waals surface area (Å²) in [4.78, 5) is 14.1. The lowest BCUT2D eigenvalue weighted by Crippen LogP contribution is -2.34. The Morgan fingerprint density at radius 2 is 1.77 bits per heavy atom. The molecule has 0 saturated carbocycles. The maximum absolute atomic E-state index is 12.0. The first kappa shape index (κ1) is 16.4. The third kappa shape index (κ3) is 4.53. The maximum atomic E-state index is 12.0. The van der Waals surface area contributed by atoms with Gasteiger partial charge in [-0.25, -0.2) is 4.68 Å². The number of hydrogen-bond donors (Lipinski definition) is 0. The van der Waals surface area contributed by atoms with Crippen LogP contribution in [0.5, 0.6) is 0 Å². The van der Waals surface area contributed by atoms with Crippen molar-refractivity contribution in [2.24, 2.45) is 0 Å². The van der Waals surface area contributed by atoms with Gasteiger partial charge in [-0.15, -0.1) is 0 Å². The van der Waals surface area contributed by atoms with Crippen LogP contribution in [0.4, 0.5) is 0 Å². The fourth-order valence-electron chi connectivity index (χ4n) is 2.21. The number of benzene rings is 1. The largest absolute Gasteiger partial charge is 0.287 e. The zero-order chi connectivity index (χ0) is 16.2. The van der Waals surface area contributed by atoms with E-state index in [1.54, 1.807) is 10.7 Å². The molecule has 0 aliphatic rings. The third-order valence-electron chi connectivity index (χ3n) is 3.64. The summed E-state index contributed by atoms with van der Waals surface area (Å²) in [5, 5.41) is 4.50. The monoisotopic (exact) mass is 299 g/mol. The molecular formula is C18H25N3O. The summed E-state index contributed by atoms with van der Waals surface area (Å²) in [6, 6.07) is 13.8. The van der Waals surface area contributed by atoms with E-state index in [9.17, 15) is 4.79 Å². The van der Waals surface area contributed by atoms with Gasteiger partial charge >= 0.3 is 0 Å². The SMILES string of the molecule is CN(CCc1ccccc1)Cn1nc(C(C)(C)C)ccc1=O. The molecule has 2 aromatic rings. The van der Waals surface area contributed by atoms with Crippen molar-refractivity contribution >= 4 is 0 Å². The minimum atomic E-state index is -0.0575. The molecule has 0 spiro atoms. The van der Waals surface area contributed by atoms with Crippen LogP contribution in [0.2, 0.25) is 0 Å². The van der Waals surface area contributed by atoms with E-state index < -0.39 is 0 Å². The fraction of sp³-hybridized carbons (Fsp3) is 0.444. The average Bonchev–Trinajstić information content (AvgIpc) is 2.47. The molecule has 0 aliphatic carbocycles. The summed E-state index contributed by atoms with van der Waals surface area (Å²) in [5.74, 6) is 0. The molecule has 0 N–H and O–H groups in total. The van der Waals surface area contributed by atoms with Crippen LogP contribution in [0.25, 0.3) is 0 Å². The minimum Gasteiger partial charge on any atom is -0.287 e. The highest BCUT2D eigenvalue weighted by molar-refractivity contribution is 5.14.